The lowest BCUT2D eigenvalue weighted by Gasteiger charge is -1.95. The topological polar surface area (TPSA) is 29.5 Å². The Kier molecular flexibility index (Phi) is 1.17. The first-order valence-electron chi connectivity index (χ1n) is 1.84. The number of rotatable bonds is 0. The average molecular weight is 122 g/mol. The summed E-state index contributed by atoms with van der Waals surface area (Å²) in [4.78, 5) is 10.2. The summed E-state index contributed by atoms with van der Waals surface area (Å²) in [7, 11) is 0. The monoisotopic (exact) mass is 121 g/mol. The molecule has 0 aromatic heterocycles. The molecule has 1 saturated heterocycles. The largest absolute Gasteiger partial charge is 0.350 e. The Balaban J connectivity index is 2.48. The molecule has 1 amide bonds. The predicted molar refractivity (Wildman–Crippen MR) is 23.5 cm³/mol. The Labute approximate surface area is 45.9 Å². The van der Waals surface area contributed by atoms with Gasteiger partial charge in [0.1, 0.15) is 13.3 Å². The zero-order valence-corrected chi connectivity index (χ0v) is 4.31. The maximum Gasteiger partial charge on any atom is 0.265 e. The minimum atomic E-state index is -0.165. The molecule has 1 aliphatic heterocycles. The Morgan fingerprint density at radius 1 is 1.86 bits per heavy atom. The molecule has 40 valence electrons. The number of hydrogen-bond donors (Lipinski definition) is 0. The summed E-state index contributed by atoms with van der Waals surface area (Å²) in [5, 5.41) is 0. The fourth-order valence-electron chi connectivity index (χ4n) is 0.355. The van der Waals surface area contributed by atoms with Crippen molar-refractivity contribution in [2.24, 2.45) is 0 Å². The normalized spacial score (nSPS) is 21.3. The fraction of sp³-hybridized carbons (Fsp3) is 0.667. The van der Waals surface area contributed by atoms with Crippen molar-refractivity contribution in [3.63, 3.8) is 0 Å². The van der Waals surface area contributed by atoms with Gasteiger partial charge in [0, 0.05) is 11.8 Å². The maximum atomic E-state index is 10.2. The molecule has 0 spiro atoms. The summed E-state index contributed by atoms with van der Waals surface area (Å²) in [5.41, 5.74) is 0. The number of carbonyl (C=O) groups excluding carboxylic acids is 1. The molecule has 1 fully saturated rings. The third-order valence-electron chi connectivity index (χ3n) is 0.701. The van der Waals surface area contributed by atoms with E-state index < -0.39 is 0 Å². The average Bonchev–Trinajstić information content (AvgIpc) is 1.91. The Bertz CT molecular complexity index is 94.9. The summed E-state index contributed by atoms with van der Waals surface area (Å²) in [6.45, 7) is 0.351. The highest BCUT2D eigenvalue weighted by Gasteiger charge is 2.17. The summed E-state index contributed by atoms with van der Waals surface area (Å²) in [5.74, 6) is -0.165. The smallest absolute Gasteiger partial charge is 0.265 e. The van der Waals surface area contributed by atoms with E-state index in [1.54, 1.807) is 0 Å². The van der Waals surface area contributed by atoms with Crippen molar-refractivity contribution in [1.82, 2.24) is 4.42 Å². The van der Waals surface area contributed by atoms with Gasteiger partial charge >= 0.3 is 0 Å². The van der Waals surface area contributed by atoms with E-state index in [-0.39, 0.29) is 19.2 Å². The van der Waals surface area contributed by atoms with Crippen molar-refractivity contribution in [2.75, 3.05) is 13.3 Å². The molecular weight excluding hydrogens is 117 g/mol. The van der Waals surface area contributed by atoms with Gasteiger partial charge in [-0.2, -0.15) is 0 Å². The number of amides is 1. The SMILES string of the molecule is O=C1COCN1Cl. The van der Waals surface area contributed by atoms with Gasteiger partial charge in [-0.15, -0.1) is 0 Å². The fourth-order valence-corrected chi connectivity index (χ4v) is 0.473. The molecule has 0 radical (unpaired) electrons. The second-order valence-corrected chi connectivity index (χ2v) is 1.64. The van der Waals surface area contributed by atoms with Crippen LogP contribution in [0.3, 0.4) is 0 Å². The molecule has 4 heteroatoms. The molecule has 0 aromatic carbocycles. The quantitative estimate of drug-likeness (QED) is 0.421. The molecule has 0 N–H and O–H groups in total. The number of hydrogen-bond acceptors (Lipinski definition) is 2. The van der Waals surface area contributed by atoms with Gasteiger partial charge in [-0.05, 0) is 0 Å². The van der Waals surface area contributed by atoms with Gasteiger partial charge in [0.15, 0.2) is 0 Å². The highest BCUT2D eigenvalue weighted by molar-refractivity contribution is 6.21. The van der Waals surface area contributed by atoms with Crippen LogP contribution in [0.15, 0.2) is 0 Å². The van der Waals surface area contributed by atoms with Crippen LogP contribution in [0.5, 0.6) is 0 Å². The molecule has 3 nitrogen and oxygen atoms in total. The molecule has 1 aliphatic rings. The van der Waals surface area contributed by atoms with Gasteiger partial charge in [-0.1, -0.05) is 0 Å². The molecule has 1 heterocycles. The van der Waals surface area contributed by atoms with Gasteiger partial charge in [0.25, 0.3) is 5.91 Å². The van der Waals surface area contributed by atoms with Crippen LogP contribution in [0.2, 0.25) is 0 Å². The van der Waals surface area contributed by atoms with Crippen LogP contribution in [-0.2, 0) is 9.53 Å². The minimum absolute atomic E-state index is 0.128. The highest BCUT2D eigenvalue weighted by Crippen LogP contribution is 2.02. The molecule has 0 bridgehead atoms. The molecule has 0 atom stereocenters. The number of nitrogens with zero attached hydrogens (tertiary/aromatic N) is 1. The lowest BCUT2D eigenvalue weighted by Crippen LogP contribution is -2.13. The van der Waals surface area contributed by atoms with Crippen LogP contribution in [0.25, 0.3) is 0 Å². The summed E-state index contributed by atoms with van der Waals surface area (Å²) in [6.07, 6.45) is 0. The van der Waals surface area contributed by atoms with Crippen LogP contribution in [0.1, 0.15) is 0 Å². The van der Waals surface area contributed by atoms with E-state index in [1.165, 1.54) is 0 Å². The molecule has 0 aromatic rings. The summed E-state index contributed by atoms with van der Waals surface area (Å²) >= 11 is 5.22. The van der Waals surface area contributed by atoms with Crippen LogP contribution in [0, 0.1) is 0 Å². The lowest BCUT2D eigenvalue weighted by molar-refractivity contribution is -0.123. The van der Waals surface area contributed by atoms with E-state index >= 15 is 0 Å². The van der Waals surface area contributed by atoms with Gasteiger partial charge in [-0.25, -0.2) is 4.42 Å². The van der Waals surface area contributed by atoms with E-state index in [9.17, 15) is 4.79 Å². The van der Waals surface area contributed by atoms with Crippen molar-refractivity contribution < 1.29 is 9.53 Å². The predicted octanol–water partition coefficient (Wildman–Crippen LogP) is -0.0435. The van der Waals surface area contributed by atoms with E-state index in [0.29, 0.717) is 0 Å². The second kappa shape index (κ2) is 1.68. The zero-order chi connectivity index (χ0) is 5.28. The zero-order valence-electron chi connectivity index (χ0n) is 3.56. The third-order valence-corrected chi connectivity index (χ3v) is 0.987. The Hall–Kier alpha value is -0.280. The van der Waals surface area contributed by atoms with Crippen molar-refractivity contribution in [1.29, 1.82) is 0 Å². The molecule has 7 heavy (non-hydrogen) atoms. The molecule has 0 unspecified atom stereocenters. The molecule has 1 rings (SSSR count). The van der Waals surface area contributed by atoms with Crippen molar-refractivity contribution in [3.05, 3.63) is 0 Å². The highest BCUT2D eigenvalue weighted by atomic mass is 35.5. The number of ether oxygens (including phenoxy) is 1. The van der Waals surface area contributed by atoms with E-state index in [1.807, 2.05) is 0 Å². The van der Waals surface area contributed by atoms with Gasteiger partial charge in [0.05, 0.1) is 0 Å². The van der Waals surface area contributed by atoms with Crippen molar-refractivity contribution in [2.45, 2.75) is 0 Å². The number of carbonyl (C=O) groups is 1. The lowest BCUT2D eigenvalue weighted by atomic mass is 10.7. The summed E-state index contributed by atoms with van der Waals surface area (Å²) in [6, 6.07) is 0. The number of halogens is 1. The molecular formula is C3H4ClNO2. The minimum Gasteiger partial charge on any atom is -0.350 e. The van der Waals surface area contributed by atoms with Crippen LogP contribution in [0.4, 0.5) is 0 Å². The molecule has 0 saturated carbocycles. The van der Waals surface area contributed by atoms with E-state index in [4.69, 9.17) is 11.8 Å². The maximum absolute atomic E-state index is 10.2. The first-order chi connectivity index (χ1) is 3.30. The first kappa shape index (κ1) is 4.87. The van der Waals surface area contributed by atoms with E-state index in [0.717, 1.165) is 4.42 Å². The van der Waals surface area contributed by atoms with Crippen LogP contribution in [-0.4, -0.2) is 23.7 Å². The van der Waals surface area contributed by atoms with Crippen LogP contribution >= 0.6 is 11.8 Å². The van der Waals surface area contributed by atoms with Gasteiger partial charge < -0.3 is 4.74 Å². The van der Waals surface area contributed by atoms with Gasteiger partial charge in [-0.3, -0.25) is 4.79 Å². The van der Waals surface area contributed by atoms with Crippen molar-refractivity contribution in [3.8, 4) is 0 Å². The Morgan fingerprint density at radius 3 is 2.71 bits per heavy atom. The van der Waals surface area contributed by atoms with Gasteiger partial charge in [0.2, 0.25) is 0 Å². The third kappa shape index (κ3) is 0.838. The first-order valence-corrected chi connectivity index (χ1v) is 2.18. The second-order valence-electron chi connectivity index (χ2n) is 1.23. The summed E-state index contributed by atoms with van der Waals surface area (Å²) < 4.78 is 5.63. The standard InChI is InChI=1S/C3H4ClNO2/c4-5-2-7-1-3(5)6/h1-2H2. The Morgan fingerprint density at radius 2 is 2.57 bits per heavy atom. The molecule has 0 aliphatic carbocycles. The van der Waals surface area contributed by atoms with E-state index in [2.05, 4.69) is 4.74 Å². The van der Waals surface area contributed by atoms with Crippen molar-refractivity contribution >= 4 is 17.7 Å². The van der Waals surface area contributed by atoms with Crippen LogP contribution < -0.4 is 0 Å².